The number of hydrogen-bond donors (Lipinski definition) is 1. The molecule has 3 unspecified atom stereocenters. The van der Waals surface area contributed by atoms with Gasteiger partial charge in [-0.15, -0.1) is 0 Å². The Bertz CT molecular complexity index is 390. The van der Waals surface area contributed by atoms with Gasteiger partial charge in [0, 0.05) is 18.0 Å². The third kappa shape index (κ3) is 2.51. The molecule has 3 atom stereocenters. The van der Waals surface area contributed by atoms with Crippen molar-refractivity contribution < 1.29 is 13.2 Å². The van der Waals surface area contributed by atoms with Crippen LogP contribution < -0.4 is 5.73 Å². The van der Waals surface area contributed by atoms with Crippen LogP contribution in [0.5, 0.6) is 0 Å². The molecule has 19 heavy (non-hydrogen) atoms. The van der Waals surface area contributed by atoms with Crippen molar-refractivity contribution in [2.45, 2.75) is 52.6 Å². The van der Waals surface area contributed by atoms with E-state index >= 15 is 0 Å². The average Bonchev–Trinajstić information content (AvgIpc) is 3.16. The first kappa shape index (κ1) is 16.1. The normalized spacial score (nSPS) is 36.9. The van der Waals surface area contributed by atoms with E-state index in [0.717, 1.165) is 0 Å². The van der Waals surface area contributed by atoms with E-state index < -0.39 is 17.8 Å². The van der Waals surface area contributed by atoms with Gasteiger partial charge < -0.3 is 5.73 Å². The maximum Gasteiger partial charge on any atom is 0.278 e. The quantitative estimate of drug-likeness (QED) is 0.838. The highest BCUT2D eigenvalue weighted by molar-refractivity contribution is 6.11. The molecule has 2 nitrogen and oxygen atoms in total. The lowest BCUT2D eigenvalue weighted by Gasteiger charge is -2.22. The van der Waals surface area contributed by atoms with Crippen LogP contribution in [0.4, 0.5) is 13.2 Å². The predicted molar refractivity (Wildman–Crippen MR) is 72.3 cm³/mol. The molecular weight excluding hydrogens is 253 g/mol. The van der Waals surface area contributed by atoms with Crippen LogP contribution in [0, 0.1) is 11.8 Å². The predicted octanol–water partition coefficient (Wildman–Crippen LogP) is 3.72. The minimum absolute atomic E-state index is 0.140. The fraction of sp³-hybridized carbons (Fsp3) is 0.786. The molecule has 2 fully saturated rings. The van der Waals surface area contributed by atoms with Crippen molar-refractivity contribution in [3.63, 3.8) is 0 Å². The van der Waals surface area contributed by atoms with Gasteiger partial charge in [0.25, 0.3) is 6.43 Å². The fourth-order valence-corrected chi connectivity index (χ4v) is 2.87. The fourth-order valence-electron chi connectivity index (χ4n) is 2.87. The first-order valence-electron chi connectivity index (χ1n) is 6.99. The van der Waals surface area contributed by atoms with Crippen LogP contribution in [0.1, 0.15) is 40.5 Å². The number of nitrogens with two attached hydrogens (primary N) is 1. The number of rotatable bonds is 3. The first-order chi connectivity index (χ1) is 8.97. The van der Waals surface area contributed by atoms with E-state index in [4.69, 9.17) is 5.73 Å². The SMILES string of the molecule is CC.CCN=C1/C(=C(\N)C(F)F)C2CC2C1(F)CC. The maximum absolute atomic E-state index is 14.7. The van der Waals surface area contributed by atoms with Crippen molar-refractivity contribution in [1.29, 1.82) is 0 Å². The Morgan fingerprint density at radius 1 is 1.42 bits per heavy atom. The summed E-state index contributed by atoms with van der Waals surface area (Å²) in [6, 6.07) is 0. The molecule has 2 aliphatic carbocycles. The van der Waals surface area contributed by atoms with Crippen molar-refractivity contribution in [2.24, 2.45) is 22.6 Å². The Kier molecular flexibility index (Phi) is 5.04. The number of hydrogen-bond acceptors (Lipinski definition) is 2. The summed E-state index contributed by atoms with van der Waals surface area (Å²) in [5, 5.41) is 0. The Morgan fingerprint density at radius 3 is 2.42 bits per heavy atom. The molecule has 2 N–H and O–H groups in total. The number of fused-ring (bicyclic) bond motifs is 1. The van der Waals surface area contributed by atoms with Gasteiger partial charge in [0.05, 0.1) is 11.4 Å². The van der Waals surface area contributed by atoms with Gasteiger partial charge in [-0.25, -0.2) is 13.2 Å². The van der Waals surface area contributed by atoms with E-state index in [-0.39, 0.29) is 29.5 Å². The zero-order chi connectivity index (χ0) is 14.8. The molecule has 5 heteroatoms. The van der Waals surface area contributed by atoms with Crippen LogP contribution in [0.3, 0.4) is 0 Å². The average molecular weight is 276 g/mol. The molecule has 0 amide bonds. The van der Waals surface area contributed by atoms with E-state index in [1.807, 2.05) is 13.8 Å². The van der Waals surface area contributed by atoms with Gasteiger partial charge in [0.2, 0.25) is 0 Å². The zero-order valence-corrected chi connectivity index (χ0v) is 12.0. The molecule has 110 valence electrons. The molecule has 0 radical (unpaired) electrons. The second kappa shape index (κ2) is 5.97. The molecule has 2 rings (SSSR count). The second-order valence-electron chi connectivity index (χ2n) is 4.66. The Morgan fingerprint density at radius 2 is 2.00 bits per heavy atom. The lowest BCUT2D eigenvalue weighted by Crippen LogP contribution is -2.34. The summed E-state index contributed by atoms with van der Waals surface area (Å²) >= 11 is 0. The molecule has 0 bridgehead atoms. The van der Waals surface area contributed by atoms with Gasteiger partial charge in [-0.2, -0.15) is 0 Å². The van der Waals surface area contributed by atoms with Crippen LogP contribution in [0.2, 0.25) is 0 Å². The summed E-state index contributed by atoms with van der Waals surface area (Å²) in [6.45, 7) is 7.88. The molecule has 2 aliphatic rings. The molecule has 0 aliphatic heterocycles. The van der Waals surface area contributed by atoms with Crippen molar-refractivity contribution in [3.05, 3.63) is 11.3 Å². The molecule has 0 aromatic rings. The number of allylic oxidation sites excluding steroid dienone is 2. The van der Waals surface area contributed by atoms with Crippen molar-refractivity contribution in [3.8, 4) is 0 Å². The third-order valence-corrected chi connectivity index (χ3v) is 3.77. The third-order valence-electron chi connectivity index (χ3n) is 3.77. The first-order valence-corrected chi connectivity index (χ1v) is 6.99. The highest BCUT2D eigenvalue weighted by Gasteiger charge is 2.65. The molecule has 0 saturated heterocycles. The minimum Gasteiger partial charge on any atom is -0.397 e. The van der Waals surface area contributed by atoms with Crippen molar-refractivity contribution in [2.75, 3.05) is 6.54 Å². The molecule has 0 spiro atoms. The molecule has 0 aromatic carbocycles. The van der Waals surface area contributed by atoms with Crippen LogP contribution in [-0.4, -0.2) is 24.4 Å². The Hall–Kier alpha value is -1.00. The number of alkyl halides is 3. The van der Waals surface area contributed by atoms with Gasteiger partial charge in [0.1, 0.15) is 0 Å². The smallest absolute Gasteiger partial charge is 0.278 e. The van der Waals surface area contributed by atoms with Crippen molar-refractivity contribution >= 4 is 5.71 Å². The van der Waals surface area contributed by atoms with Crippen LogP contribution in [0.25, 0.3) is 0 Å². The van der Waals surface area contributed by atoms with Gasteiger partial charge in [-0.05, 0) is 25.7 Å². The Labute approximate surface area is 113 Å². The summed E-state index contributed by atoms with van der Waals surface area (Å²) in [7, 11) is 0. The van der Waals surface area contributed by atoms with Gasteiger partial charge in [-0.3, -0.25) is 4.99 Å². The zero-order valence-electron chi connectivity index (χ0n) is 12.0. The number of aliphatic imine (C=N–C) groups is 1. The summed E-state index contributed by atoms with van der Waals surface area (Å²) in [5.41, 5.74) is 3.85. The van der Waals surface area contributed by atoms with Crippen LogP contribution in [0.15, 0.2) is 16.3 Å². The summed E-state index contributed by atoms with van der Waals surface area (Å²) in [6.07, 6.45) is -1.84. The Balaban J connectivity index is 0.000000861. The van der Waals surface area contributed by atoms with Gasteiger partial charge in [0.15, 0.2) is 5.67 Å². The largest absolute Gasteiger partial charge is 0.397 e. The number of halogens is 3. The monoisotopic (exact) mass is 276 g/mol. The van der Waals surface area contributed by atoms with Gasteiger partial charge >= 0.3 is 0 Å². The molecule has 0 heterocycles. The van der Waals surface area contributed by atoms with E-state index in [0.29, 0.717) is 13.0 Å². The van der Waals surface area contributed by atoms with E-state index in [1.54, 1.807) is 13.8 Å². The van der Waals surface area contributed by atoms with Crippen LogP contribution >= 0.6 is 0 Å². The minimum atomic E-state index is -2.73. The summed E-state index contributed by atoms with van der Waals surface area (Å²) in [4.78, 5) is 4.08. The van der Waals surface area contributed by atoms with Crippen molar-refractivity contribution in [1.82, 2.24) is 0 Å². The van der Waals surface area contributed by atoms with E-state index in [2.05, 4.69) is 4.99 Å². The number of nitrogens with zero attached hydrogens (tertiary/aromatic N) is 1. The maximum atomic E-state index is 14.7. The lowest BCUT2D eigenvalue weighted by atomic mass is 9.92. The van der Waals surface area contributed by atoms with E-state index in [1.165, 1.54) is 0 Å². The summed E-state index contributed by atoms with van der Waals surface area (Å²) < 4.78 is 40.1. The van der Waals surface area contributed by atoms with E-state index in [9.17, 15) is 13.2 Å². The molecular formula is C14H23F3N2. The molecule has 2 saturated carbocycles. The summed E-state index contributed by atoms with van der Waals surface area (Å²) in [5.74, 6) is -0.329. The van der Waals surface area contributed by atoms with Crippen LogP contribution in [-0.2, 0) is 0 Å². The molecule has 0 aromatic heterocycles. The lowest BCUT2D eigenvalue weighted by molar-refractivity contribution is 0.186. The van der Waals surface area contributed by atoms with Gasteiger partial charge in [-0.1, -0.05) is 20.8 Å². The topological polar surface area (TPSA) is 38.4 Å². The second-order valence-corrected chi connectivity index (χ2v) is 4.66. The highest BCUT2D eigenvalue weighted by atomic mass is 19.3. The standard InChI is InChI=1S/C12H17F3N2.C2H6/c1-3-12(15)7-5-6(7)8(9(16)11(13)14)10(12)17-4-2;1-2/h6-7,11H,3-5,16H2,1-2H3;1-2H3/b9-8-,17-10?;. The highest BCUT2D eigenvalue weighted by Crippen LogP contribution is 2.62.